The van der Waals surface area contributed by atoms with Gasteiger partial charge in [0.2, 0.25) is 0 Å². The highest BCUT2D eigenvalue weighted by molar-refractivity contribution is 7.09. The van der Waals surface area contributed by atoms with Gasteiger partial charge in [0, 0.05) is 17.5 Å². The molecule has 1 aliphatic rings. The summed E-state index contributed by atoms with van der Waals surface area (Å²) in [6.07, 6.45) is 2.91. The SMILES string of the molecule is O=C(c1ccccc1F)N(CCc1cccs1)C1CC1. The summed E-state index contributed by atoms with van der Waals surface area (Å²) in [4.78, 5) is 15.6. The second-order valence-electron chi connectivity index (χ2n) is 5.04. The number of carbonyl (C=O) groups excluding carboxylic acids is 1. The minimum atomic E-state index is -0.431. The van der Waals surface area contributed by atoms with Crippen LogP contribution in [0.5, 0.6) is 0 Å². The number of benzene rings is 1. The molecule has 1 saturated carbocycles. The highest BCUT2D eigenvalue weighted by atomic mass is 32.1. The Bertz CT molecular complexity index is 592. The van der Waals surface area contributed by atoms with Crippen molar-refractivity contribution in [3.05, 3.63) is 58.0 Å². The van der Waals surface area contributed by atoms with Crippen molar-refractivity contribution in [3.8, 4) is 0 Å². The van der Waals surface area contributed by atoms with Crippen LogP contribution in [0.2, 0.25) is 0 Å². The summed E-state index contributed by atoms with van der Waals surface area (Å²) >= 11 is 1.70. The number of hydrogen-bond acceptors (Lipinski definition) is 2. The standard InChI is InChI=1S/C16H16FNOS/c17-15-6-2-1-5-14(15)16(19)18(12-7-8-12)10-9-13-4-3-11-20-13/h1-6,11-12H,7-10H2. The van der Waals surface area contributed by atoms with Crippen LogP contribution < -0.4 is 0 Å². The number of nitrogens with zero attached hydrogens (tertiary/aromatic N) is 1. The third-order valence-electron chi connectivity index (χ3n) is 3.53. The van der Waals surface area contributed by atoms with Crippen LogP contribution in [0.15, 0.2) is 41.8 Å². The van der Waals surface area contributed by atoms with E-state index in [1.165, 1.54) is 10.9 Å². The maximum atomic E-state index is 13.8. The van der Waals surface area contributed by atoms with Crippen molar-refractivity contribution in [1.29, 1.82) is 0 Å². The van der Waals surface area contributed by atoms with Gasteiger partial charge in [-0.3, -0.25) is 4.79 Å². The Hall–Kier alpha value is -1.68. The zero-order valence-corrected chi connectivity index (χ0v) is 11.9. The van der Waals surface area contributed by atoms with Crippen LogP contribution >= 0.6 is 11.3 Å². The Labute approximate surface area is 121 Å². The van der Waals surface area contributed by atoms with E-state index < -0.39 is 5.82 Å². The third kappa shape index (κ3) is 2.90. The van der Waals surface area contributed by atoms with Crippen LogP contribution in [0.3, 0.4) is 0 Å². The molecule has 0 unspecified atom stereocenters. The highest BCUT2D eigenvalue weighted by Gasteiger charge is 2.33. The second kappa shape index (κ2) is 5.75. The third-order valence-corrected chi connectivity index (χ3v) is 4.47. The van der Waals surface area contributed by atoms with Gasteiger partial charge in [-0.15, -0.1) is 11.3 Å². The van der Waals surface area contributed by atoms with Crippen LogP contribution in [-0.4, -0.2) is 23.4 Å². The van der Waals surface area contributed by atoms with E-state index in [0.29, 0.717) is 12.6 Å². The van der Waals surface area contributed by atoms with Gasteiger partial charge in [0.1, 0.15) is 5.82 Å². The Morgan fingerprint density at radius 2 is 2.05 bits per heavy atom. The maximum Gasteiger partial charge on any atom is 0.257 e. The van der Waals surface area contributed by atoms with E-state index >= 15 is 0 Å². The molecule has 0 aliphatic heterocycles. The first kappa shape index (κ1) is 13.3. The molecule has 1 aromatic carbocycles. The van der Waals surface area contributed by atoms with Crippen molar-refractivity contribution in [1.82, 2.24) is 4.90 Å². The van der Waals surface area contributed by atoms with Crippen LogP contribution in [0.25, 0.3) is 0 Å². The summed E-state index contributed by atoms with van der Waals surface area (Å²) in [5.41, 5.74) is 0.186. The summed E-state index contributed by atoms with van der Waals surface area (Å²) < 4.78 is 13.8. The van der Waals surface area contributed by atoms with Gasteiger partial charge < -0.3 is 4.90 Å². The number of thiophene rings is 1. The lowest BCUT2D eigenvalue weighted by molar-refractivity contribution is 0.0740. The van der Waals surface area contributed by atoms with E-state index in [-0.39, 0.29) is 11.5 Å². The van der Waals surface area contributed by atoms with Crippen molar-refractivity contribution in [3.63, 3.8) is 0 Å². The summed E-state index contributed by atoms with van der Waals surface area (Å²) in [7, 11) is 0. The zero-order valence-electron chi connectivity index (χ0n) is 11.1. The fourth-order valence-electron chi connectivity index (χ4n) is 2.31. The van der Waals surface area contributed by atoms with E-state index in [2.05, 4.69) is 6.07 Å². The molecule has 4 heteroatoms. The second-order valence-corrected chi connectivity index (χ2v) is 6.07. The van der Waals surface area contributed by atoms with E-state index in [1.54, 1.807) is 29.5 Å². The molecule has 1 fully saturated rings. The molecule has 104 valence electrons. The summed E-state index contributed by atoms with van der Waals surface area (Å²) in [6.45, 7) is 0.665. The lowest BCUT2D eigenvalue weighted by atomic mass is 10.1. The molecule has 1 heterocycles. The van der Waals surface area contributed by atoms with Crippen molar-refractivity contribution >= 4 is 17.2 Å². The predicted octanol–water partition coefficient (Wildman–Crippen LogP) is 3.73. The topological polar surface area (TPSA) is 20.3 Å². The van der Waals surface area contributed by atoms with E-state index in [0.717, 1.165) is 19.3 Å². The normalized spacial score (nSPS) is 14.2. The minimum absolute atomic E-state index is 0.179. The first-order chi connectivity index (χ1) is 9.75. The van der Waals surface area contributed by atoms with Gasteiger partial charge in [0.25, 0.3) is 5.91 Å². The van der Waals surface area contributed by atoms with E-state index in [9.17, 15) is 9.18 Å². The average Bonchev–Trinajstić information content (AvgIpc) is 3.15. The van der Waals surface area contributed by atoms with Gasteiger partial charge in [-0.1, -0.05) is 18.2 Å². The zero-order chi connectivity index (χ0) is 13.9. The predicted molar refractivity (Wildman–Crippen MR) is 78.5 cm³/mol. The fraction of sp³-hybridized carbons (Fsp3) is 0.312. The molecule has 1 aromatic heterocycles. The van der Waals surface area contributed by atoms with Crippen molar-refractivity contribution < 1.29 is 9.18 Å². The number of hydrogen-bond donors (Lipinski definition) is 0. The van der Waals surface area contributed by atoms with Gasteiger partial charge in [-0.05, 0) is 42.8 Å². The number of rotatable bonds is 5. The Morgan fingerprint density at radius 3 is 2.70 bits per heavy atom. The Balaban J connectivity index is 1.73. The minimum Gasteiger partial charge on any atom is -0.335 e. The monoisotopic (exact) mass is 289 g/mol. The largest absolute Gasteiger partial charge is 0.335 e. The summed E-state index contributed by atoms with van der Waals surface area (Å²) in [5.74, 6) is -0.610. The maximum absolute atomic E-state index is 13.8. The lowest BCUT2D eigenvalue weighted by Crippen LogP contribution is -2.35. The number of amides is 1. The molecule has 0 atom stereocenters. The molecule has 2 aromatic rings. The molecule has 0 spiro atoms. The molecule has 1 aliphatic carbocycles. The van der Waals surface area contributed by atoms with Crippen LogP contribution in [0.1, 0.15) is 28.1 Å². The smallest absolute Gasteiger partial charge is 0.257 e. The van der Waals surface area contributed by atoms with Gasteiger partial charge in [-0.25, -0.2) is 4.39 Å². The van der Waals surface area contributed by atoms with Crippen molar-refractivity contribution in [2.45, 2.75) is 25.3 Å². The quantitative estimate of drug-likeness (QED) is 0.821. The molecule has 0 N–H and O–H groups in total. The fourth-order valence-corrected chi connectivity index (χ4v) is 3.01. The first-order valence-electron chi connectivity index (χ1n) is 6.83. The Kier molecular flexibility index (Phi) is 3.83. The number of carbonyl (C=O) groups is 1. The molecule has 0 radical (unpaired) electrons. The van der Waals surface area contributed by atoms with Crippen molar-refractivity contribution in [2.24, 2.45) is 0 Å². The first-order valence-corrected chi connectivity index (χ1v) is 7.71. The molecule has 0 saturated heterocycles. The summed E-state index contributed by atoms with van der Waals surface area (Å²) in [6, 6.07) is 10.6. The summed E-state index contributed by atoms with van der Waals surface area (Å²) in [5, 5.41) is 2.04. The molecule has 3 rings (SSSR count). The lowest BCUT2D eigenvalue weighted by Gasteiger charge is -2.22. The molecule has 1 amide bonds. The van der Waals surface area contributed by atoms with Gasteiger partial charge in [0.15, 0.2) is 0 Å². The van der Waals surface area contributed by atoms with E-state index in [1.807, 2.05) is 16.3 Å². The molecule has 2 nitrogen and oxygen atoms in total. The Morgan fingerprint density at radius 1 is 1.25 bits per heavy atom. The average molecular weight is 289 g/mol. The van der Waals surface area contributed by atoms with Crippen molar-refractivity contribution in [2.75, 3.05) is 6.54 Å². The molecule has 20 heavy (non-hydrogen) atoms. The molecular weight excluding hydrogens is 273 g/mol. The van der Waals surface area contributed by atoms with Crippen LogP contribution in [0, 0.1) is 5.82 Å². The van der Waals surface area contributed by atoms with E-state index in [4.69, 9.17) is 0 Å². The van der Waals surface area contributed by atoms with Crippen LogP contribution in [0.4, 0.5) is 4.39 Å². The number of halogens is 1. The molecule has 0 bridgehead atoms. The molecular formula is C16H16FNOS. The van der Waals surface area contributed by atoms with Crippen LogP contribution in [-0.2, 0) is 6.42 Å². The van der Waals surface area contributed by atoms with Gasteiger partial charge in [0.05, 0.1) is 5.56 Å². The van der Waals surface area contributed by atoms with Gasteiger partial charge in [-0.2, -0.15) is 0 Å². The highest BCUT2D eigenvalue weighted by Crippen LogP contribution is 2.29. The van der Waals surface area contributed by atoms with Gasteiger partial charge >= 0.3 is 0 Å².